The molecule has 0 amide bonds. The van der Waals surface area contributed by atoms with E-state index in [-0.39, 0.29) is 13.2 Å². The number of hydrogen-bond donors (Lipinski definition) is 2. The molecule has 0 bridgehead atoms. The minimum atomic E-state index is -3.62. The number of carbonyl (C=O) groups excluding carboxylic acids is 2. The number of esters is 2. The van der Waals surface area contributed by atoms with E-state index in [1.54, 1.807) is 0 Å². The molecule has 2 saturated carbocycles. The van der Waals surface area contributed by atoms with Crippen LogP contribution in [0.1, 0.15) is 75.3 Å². The second-order valence-corrected chi connectivity index (χ2v) is 16.2. The highest BCUT2D eigenvalue weighted by Gasteiger charge is 2.31. The van der Waals surface area contributed by atoms with Crippen molar-refractivity contribution in [2.45, 2.75) is 99.6 Å². The second-order valence-electron chi connectivity index (χ2n) is 12.2. The summed E-state index contributed by atoms with van der Waals surface area (Å²) in [6, 6.07) is 17.3. The summed E-state index contributed by atoms with van der Waals surface area (Å²) in [7, 11) is -7.23. The van der Waals surface area contributed by atoms with Gasteiger partial charge in [0.1, 0.15) is 13.2 Å². The van der Waals surface area contributed by atoms with E-state index in [1.165, 1.54) is 0 Å². The molecule has 0 aliphatic heterocycles. The molecule has 12 heteroatoms. The van der Waals surface area contributed by atoms with Crippen LogP contribution < -0.4 is 9.44 Å². The van der Waals surface area contributed by atoms with E-state index in [2.05, 4.69) is 9.44 Å². The highest BCUT2D eigenvalue weighted by Crippen LogP contribution is 2.25. The van der Waals surface area contributed by atoms with Crippen LogP contribution in [0.4, 0.5) is 0 Å². The molecular formula is C34H46N2O8S2. The molecule has 4 rings (SSSR count). The molecule has 0 unspecified atom stereocenters. The van der Waals surface area contributed by atoms with Crippen molar-refractivity contribution in [3.63, 3.8) is 0 Å². The average Bonchev–Trinajstić information content (AvgIpc) is 3.06. The van der Waals surface area contributed by atoms with Crippen LogP contribution in [0.5, 0.6) is 0 Å². The third kappa shape index (κ3) is 11.9. The Labute approximate surface area is 273 Å². The normalized spacial score (nSPS) is 18.2. The van der Waals surface area contributed by atoms with Crippen LogP contribution in [0.25, 0.3) is 0 Å². The van der Waals surface area contributed by atoms with Gasteiger partial charge in [-0.3, -0.25) is 0 Å². The van der Waals surface area contributed by atoms with E-state index in [9.17, 15) is 26.4 Å². The quantitative estimate of drug-likeness (QED) is 0.198. The molecule has 2 aliphatic rings. The molecule has 10 nitrogen and oxygen atoms in total. The minimum absolute atomic E-state index is 0.221. The third-order valence-corrected chi connectivity index (χ3v) is 12.5. The molecule has 0 heterocycles. The summed E-state index contributed by atoms with van der Waals surface area (Å²) in [5.74, 6) is -1.66. The lowest BCUT2D eigenvalue weighted by Gasteiger charge is -2.25. The molecule has 2 N–H and O–H groups in total. The van der Waals surface area contributed by atoms with E-state index in [0.717, 1.165) is 61.8 Å². The Morgan fingerprint density at radius 2 is 0.957 bits per heavy atom. The van der Waals surface area contributed by atoms with Gasteiger partial charge in [-0.05, 0) is 49.7 Å². The minimum Gasteiger partial charge on any atom is -0.461 e. The molecule has 2 aliphatic carbocycles. The largest absolute Gasteiger partial charge is 0.461 e. The fourth-order valence-corrected chi connectivity index (χ4v) is 9.60. The number of rotatable bonds is 16. The Bertz CT molecular complexity index is 1370. The van der Waals surface area contributed by atoms with E-state index >= 15 is 0 Å². The van der Waals surface area contributed by atoms with Crippen molar-refractivity contribution in [1.82, 2.24) is 9.44 Å². The monoisotopic (exact) mass is 674 g/mol. The molecule has 2 atom stereocenters. The Kier molecular flexibility index (Phi) is 13.8. The Hall–Kier alpha value is -3.06. The number of ether oxygens (including phenoxy) is 2. The number of hydrogen-bond acceptors (Lipinski definition) is 8. The highest BCUT2D eigenvalue weighted by atomic mass is 32.2. The van der Waals surface area contributed by atoms with Gasteiger partial charge in [-0.2, -0.15) is 0 Å². The fourth-order valence-electron chi connectivity index (χ4n) is 6.07. The number of sulfonamides is 2. The van der Waals surface area contributed by atoms with Crippen molar-refractivity contribution in [3.8, 4) is 0 Å². The van der Waals surface area contributed by atoms with Crippen molar-refractivity contribution in [2.24, 2.45) is 0 Å². The SMILES string of the molecule is O=C(/C=C/C(=O)OC[C@@H](Cc1ccccc1)NS(=O)(=O)C1CCCCC1)OC[C@@H](Cc1ccccc1)NS(=O)(=O)C1CCCCC1. The average molecular weight is 675 g/mol. The first-order valence-electron chi connectivity index (χ1n) is 16.2. The highest BCUT2D eigenvalue weighted by molar-refractivity contribution is 7.90. The zero-order valence-corrected chi connectivity index (χ0v) is 27.9. The van der Waals surface area contributed by atoms with Gasteiger partial charge in [0, 0.05) is 12.2 Å². The number of benzene rings is 2. The van der Waals surface area contributed by atoms with Crippen molar-refractivity contribution >= 4 is 32.0 Å². The summed E-state index contributed by atoms with van der Waals surface area (Å²) in [5.41, 5.74) is 1.77. The van der Waals surface area contributed by atoms with Crippen LogP contribution in [0, 0.1) is 0 Å². The summed E-state index contributed by atoms with van der Waals surface area (Å²) in [5, 5.41) is -0.939. The number of nitrogens with one attached hydrogen (secondary N) is 2. The first kappa shape index (κ1) is 35.8. The molecule has 2 fully saturated rings. The summed E-state index contributed by atoms with van der Waals surface area (Å²) in [6.07, 6.45) is 10.4. The lowest BCUT2D eigenvalue weighted by atomic mass is 10.0. The lowest BCUT2D eigenvalue weighted by Crippen LogP contribution is -2.45. The first-order chi connectivity index (χ1) is 22.1. The van der Waals surface area contributed by atoms with Gasteiger partial charge in [-0.25, -0.2) is 35.9 Å². The van der Waals surface area contributed by atoms with Gasteiger partial charge in [0.25, 0.3) is 0 Å². The van der Waals surface area contributed by atoms with Crippen LogP contribution in [0.3, 0.4) is 0 Å². The molecule has 0 saturated heterocycles. The number of carbonyl (C=O) groups is 2. The van der Waals surface area contributed by atoms with Crippen LogP contribution >= 0.6 is 0 Å². The zero-order chi connectivity index (χ0) is 32.8. The van der Waals surface area contributed by atoms with Crippen LogP contribution in [-0.4, -0.2) is 64.6 Å². The fraction of sp³-hybridized carbons (Fsp3) is 0.529. The Morgan fingerprint density at radius 3 is 1.30 bits per heavy atom. The zero-order valence-electron chi connectivity index (χ0n) is 26.2. The van der Waals surface area contributed by atoms with Crippen LogP contribution in [-0.2, 0) is 52.0 Å². The first-order valence-corrected chi connectivity index (χ1v) is 19.3. The molecule has 0 aromatic heterocycles. The van der Waals surface area contributed by atoms with Crippen molar-refractivity contribution < 1.29 is 35.9 Å². The Balaban J connectivity index is 1.32. The Morgan fingerprint density at radius 1 is 0.609 bits per heavy atom. The summed E-state index contributed by atoms with van der Waals surface area (Å²) >= 11 is 0. The predicted octanol–water partition coefficient (Wildman–Crippen LogP) is 4.36. The molecular weight excluding hydrogens is 629 g/mol. The molecule has 2 aromatic rings. The molecule has 2 aromatic carbocycles. The summed E-state index contributed by atoms with van der Waals surface area (Å²) in [4.78, 5) is 25.1. The van der Waals surface area contributed by atoms with Gasteiger partial charge in [0.2, 0.25) is 20.0 Å². The topological polar surface area (TPSA) is 145 Å². The molecule has 46 heavy (non-hydrogen) atoms. The van der Waals surface area contributed by atoms with Gasteiger partial charge < -0.3 is 9.47 Å². The predicted molar refractivity (Wildman–Crippen MR) is 177 cm³/mol. The van der Waals surface area contributed by atoms with Gasteiger partial charge in [-0.1, -0.05) is 99.2 Å². The van der Waals surface area contributed by atoms with Crippen molar-refractivity contribution in [3.05, 3.63) is 83.9 Å². The molecule has 0 radical (unpaired) electrons. The second kappa shape index (κ2) is 17.7. The smallest absolute Gasteiger partial charge is 0.331 e. The summed E-state index contributed by atoms with van der Waals surface area (Å²) < 4.78 is 68.6. The summed E-state index contributed by atoms with van der Waals surface area (Å²) in [6.45, 7) is -0.442. The van der Waals surface area contributed by atoms with Crippen LogP contribution in [0.2, 0.25) is 0 Å². The van der Waals surface area contributed by atoms with E-state index in [1.807, 2.05) is 60.7 Å². The van der Waals surface area contributed by atoms with Gasteiger partial charge >= 0.3 is 11.9 Å². The van der Waals surface area contributed by atoms with Crippen molar-refractivity contribution in [1.29, 1.82) is 0 Å². The van der Waals surface area contributed by atoms with Gasteiger partial charge in [0.15, 0.2) is 0 Å². The maximum absolute atomic E-state index is 13.1. The molecule has 252 valence electrons. The standard InChI is InChI=1S/C34H46N2O8S2/c37-33(43-25-29(23-27-13-5-1-6-14-27)35-45(39,40)31-17-9-3-10-18-31)21-22-34(38)44-26-30(24-28-15-7-2-8-16-28)36-46(41,42)32-19-11-4-12-20-32/h1-2,5-8,13-16,21-22,29-32,35-36H,3-4,9-12,17-20,23-26H2/b22-21+/t29-,30-/m1/s1. The lowest BCUT2D eigenvalue weighted by molar-refractivity contribution is -0.141. The maximum atomic E-state index is 13.1. The molecule has 0 spiro atoms. The van der Waals surface area contributed by atoms with E-state index < -0.39 is 54.6 Å². The van der Waals surface area contributed by atoms with Crippen molar-refractivity contribution in [2.75, 3.05) is 13.2 Å². The van der Waals surface area contributed by atoms with E-state index in [4.69, 9.17) is 9.47 Å². The van der Waals surface area contributed by atoms with Gasteiger partial charge in [-0.15, -0.1) is 0 Å². The third-order valence-electron chi connectivity index (χ3n) is 8.50. The van der Waals surface area contributed by atoms with Crippen LogP contribution in [0.15, 0.2) is 72.8 Å². The van der Waals surface area contributed by atoms with E-state index in [0.29, 0.717) is 38.5 Å². The maximum Gasteiger partial charge on any atom is 0.331 e. The van der Waals surface area contributed by atoms with Gasteiger partial charge in [0.05, 0.1) is 22.6 Å².